The number of carbonyl (C=O) groups excluding carboxylic acids is 1. The van der Waals surface area contributed by atoms with Crippen molar-refractivity contribution >= 4 is 45.4 Å². The highest BCUT2D eigenvalue weighted by molar-refractivity contribution is 6.31. The highest BCUT2D eigenvalue weighted by atomic mass is 35.5. The van der Waals surface area contributed by atoms with Gasteiger partial charge >= 0.3 is 0 Å². The largest absolute Gasteiger partial charge is 0.356 e. The molecule has 0 fully saturated rings. The molecular weight excluding hydrogens is 459 g/mol. The van der Waals surface area contributed by atoms with Crippen LogP contribution in [0.15, 0.2) is 48.9 Å². The van der Waals surface area contributed by atoms with Crippen molar-refractivity contribution in [2.24, 2.45) is 0 Å². The first-order valence-corrected chi connectivity index (χ1v) is 11.0. The lowest BCUT2D eigenvalue weighted by Crippen LogP contribution is -2.39. The lowest BCUT2D eigenvalue weighted by atomic mass is 10.2. The second kappa shape index (κ2) is 9.06. The Bertz CT molecular complexity index is 1480. The van der Waals surface area contributed by atoms with Crippen molar-refractivity contribution in [3.05, 3.63) is 65.6 Å². The SMILES string of the molecule is C[C@H](Nc1nc(-c2c[nH]c3ncc(Cl)cc23)ncc1F)C(=O)NCCc1nc2ccccc2[nH]1.[HH].[HH].[HH].[HH]. The molecule has 0 saturated carbocycles. The molecule has 0 unspecified atom stereocenters. The van der Waals surface area contributed by atoms with Crippen LogP contribution in [0.2, 0.25) is 5.02 Å². The molecule has 0 spiro atoms. The average Bonchev–Trinajstić information content (AvgIpc) is 3.43. The minimum absolute atomic E-state index is 0. The summed E-state index contributed by atoms with van der Waals surface area (Å²) < 4.78 is 14.4. The number of H-pyrrole nitrogens is 2. The molecule has 5 rings (SSSR count). The molecule has 0 aliphatic carbocycles. The summed E-state index contributed by atoms with van der Waals surface area (Å²) in [6.45, 7) is 2.01. The fourth-order valence-corrected chi connectivity index (χ4v) is 3.77. The van der Waals surface area contributed by atoms with E-state index in [1.807, 2.05) is 24.3 Å². The van der Waals surface area contributed by atoms with Crippen LogP contribution in [0.5, 0.6) is 0 Å². The van der Waals surface area contributed by atoms with Crippen molar-refractivity contribution in [1.82, 2.24) is 35.2 Å². The van der Waals surface area contributed by atoms with Gasteiger partial charge in [0.2, 0.25) is 5.91 Å². The summed E-state index contributed by atoms with van der Waals surface area (Å²) in [6.07, 6.45) is 4.81. The highest BCUT2D eigenvalue weighted by Crippen LogP contribution is 2.28. The summed E-state index contributed by atoms with van der Waals surface area (Å²) in [5.41, 5.74) is 3.05. The lowest BCUT2D eigenvalue weighted by molar-refractivity contribution is -0.121. The van der Waals surface area contributed by atoms with Crippen molar-refractivity contribution in [1.29, 1.82) is 0 Å². The van der Waals surface area contributed by atoms with Gasteiger partial charge in [0.25, 0.3) is 0 Å². The van der Waals surface area contributed by atoms with Crippen LogP contribution >= 0.6 is 11.6 Å². The summed E-state index contributed by atoms with van der Waals surface area (Å²) in [5.74, 6) is 0.0216. The zero-order chi connectivity index (χ0) is 23.7. The number of imidazole rings is 1. The van der Waals surface area contributed by atoms with Gasteiger partial charge in [-0.2, -0.15) is 0 Å². The first-order chi connectivity index (χ1) is 16.5. The number of halogens is 2. The van der Waals surface area contributed by atoms with E-state index in [9.17, 15) is 9.18 Å². The van der Waals surface area contributed by atoms with Crippen LogP contribution < -0.4 is 10.6 Å². The molecule has 0 aliphatic heterocycles. The molecule has 11 heteroatoms. The van der Waals surface area contributed by atoms with Crippen molar-refractivity contribution in [2.75, 3.05) is 11.9 Å². The molecule has 4 aromatic heterocycles. The monoisotopic (exact) mass is 486 g/mol. The molecular formula is C23H28ClFN8O. The summed E-state index contributed by atoms with van der Waals surface area (Å²) in [5, 5.41) is 6.83. The van der Waals surface area contributed by atoms with Crippen LogP contribution in [-0.2, 0) is 11.2 Å². The van der Waals surface area contributed by atoms with Crippen LogP contribution in [0, 0.1) is 5.82 Å². The Balaban J connectivity index is 0.00000180. The molecule has 0 radical (unpaired) electrons. The van der Waals surface area contributed by atoms with Gasteiger partial charge in [-0.25, -0.2) is 24.3 Å². The van der Waals surface area contributed by atoms with Crippen LogP contribution in [0.3, 0.4) is 0 Å². The predicted octanol–water partition coefficient (Wildman–Crippen LogP) is 4.83. The van der Waals surface area contributed by atoms with Gasteiger partial charge < -0.3 is 20.6 Å². The van der Waals surface area contributed by atoms with Crippen molar-refractivity contribution < 1.29 is 14.9 Å². The number of nitrogens with one attached hydrogen (secondary N) is 4. The van der Waals surface area contributed by atoms with Gasteiger partial charge in [-0.3, -0.25) is 4.79 Å². The average molecular weight is 487 g/mol. The van der Waals surface area contributed by atoms with Gasteiger partial charge in [-0.15, -0.1) is 0 Å². The quantitative estimate of drug-likeness (QED) is 0.261. The molecule has 0 bridgehead atoms. The highest BCUT2D eigenvalue weighted by Gasteiger charge is 2.18. The van der Waals surface area contributed by atoms with E-state index in [0.717, 1.165) is 23.1 Å². The molecule has 1 aromatic carbocycles. The Hall–Kier alpha value is -4.05. The van der Waals surface area contributed by atoms with Gasteiger partial charge in [0, 0.05) is 42.0 Å². The van der Waals surface area contributed by atoms with Crippen molar-refractivity contribution in [3.8, 4) is 11.4 Å². The van der Waals surface area contributed by atoms with Crippen LogP contribution in [-0.4, -0.2) is 48.4 Å². The maximum atomic E-state index is 14.4. The normalized spacial score (nSPS) is 12.2. The number of nitrogens with zero attached hydrogens (tertiary/aromatic N) is 4. The Morgan fingerprint density at radius 2 is 2.09 bits per heavy atom. The number of carbonyl (C=O) groups is 1. The third kappa shape index (κ3) is 4.40. The van der Waals surface area contributed by atoms with Crippen molar-refractivity contribution in [2.45, 2.75) is 19.4 Å². The predicted molar refractivity (Wildman–Crippen MR) is 136 cm³/mol. The maximum Gasteiger partial charge on any atom is 0.242 e. The maximum absolute atomic E-state index is 14.4. The zero-order valence-electron chi connectivity index (χ0n) is 18.1. The zero-order valence-corrected chi connectivity index (χ0v) is 18.8. The number of para-hydroxylation sites is 2. The number of hydrogen-bond acceptors (Lipinski definition) is 6. The van der Waals surface area contributed by atoms with E-state index in [0.29, 0.717) is 34.6 Å². The van der Waals surface area contributed by atoms with E-state index in [2.05, 4.69) is 40.5 Å². The molecule has 5 aromatic rings. The second-order valence-electron chi connectivity index (χ2n) is 7.75. The minimum Gasteiger partial charge on any atom is -0.356 e. The summed E-state index contributed by atoms with van der Waals surface area (Å²) in [4.78, 5) is 35.9. The van der Waals surface area contributed by atoms with Gasteiger partial charge in [-0.05, 0) is 25.1 Å². The van der Waals surface area contributed by atoms with Crippen LogP contribution in [0.25, 0.3) is 33.5 Å². The van der Waals surface area contributed by atoms with E-state index in [-0.39, 0.29) is 23.3 Å². The van der Waals surface area contributed by atoms with Gasteiger partial charge in [-0.1, -0.05) is 23.7 Å². The molecule has 1 atom stereocenters. The van der Waals surface area contributed by atoms with Crippen molar-refractivity contribution in [3.63, 3.8) is 0 Å². The van der Waals surface area contributed by atoms with Crippen LogP contribution in [0.1, 0.15) is 18.5 Å². The van der Waals surface area contributed by atoms with Crippen LogP contribution in [0.4, 0.5) is 10.2 Å². The second-order valence-corrected chi connectivity index (χ2v) is 8.19. The van der Waals surface area contributed by atoms with E-state index in [1.165, 1.54) is 6.20 Å². The topological polar surface area (TPSA) is 124 Å². The smallest absolute Gasteiger partial charge is 0.242 e. The minimum atomic E-state index is -0.730. The molecule has 1 amide bonds. The Labute approximate surface area is 204 Å². The van der Waals surface area contributed by atoms with E-state index >= 15 is 0 Å². The van der Waals surface area contributed by atoms with E-state index < -0.39 is 11.9 Å². The number of pyridine rings is 1. The molecule has 180 valence electrons. The summed E-state index contributed by atoms with van der Waals surface area (Å²) in [7, 11) is 0. The number of fused-ring (bicyclic) bond motifs is 2. The Morgan fingerprint density at radius 3 is 2.94 bits per heavy atom. The first-order valence-electron chi connectivity index (χ1n) is 10.6. The number of rotatable bonds is 7. The number of hydrogen-bond donors (Lipinski definition) is 4. The van der Waals surface area contributed by atoms with Gasteiger partial charge in [0.1, 0.15) is 17.5 Å². The molecule has 0 saturated heterocycles. The Kier molecular flexibility index (Phi) is 5.81. The number of benzene rings is 1. The molecule has 9 nitrogen and oxygen atoms in total. The van der Waals surface area contributed by atoms with E-state index in [1.54, 1.807) is 19.2 Å². The molecule has 34 heavy (non-hydrogen) atoms. The number of aromatic nitrogens is 6. The third-order valence-corrected chi connectivity index (χ3v) is 5.54. The number of amides is 1. The summed E-state index contributed by atoms with van der Waals surface area (Å²) in [6, 6.07) is 8.72. The standard InChI is InChI=1S/C23H20ClFN8O.4H2/c1-12(23(34)26-7-6-19-31-17-4-2-3-5-18(17)32-19)30-22-16(25)11-29-21(33-22)15-10-28-20-14(15)8-13(24)9-27-20;;;;/h2-5,8-12H,6-7H2,1H3,(H,26,34)(H,27,28)(H,31,32)(H,29,30,33);4*1H/t12-;;;;/m0..../s1. The number of aromatic amines is 2. The molecule has 4 heterocycles. The first kappa shape index (κ1) is 21.8. The molecule has 4 N–H and O–H groups in total. The van der Waals surface area contributed by atoms with E-state index in [4.69, 9.17) is 11.6 Å². The Morgan fingerprint density at radius 1 is 1.24 bits per heavy atom. The summed E-state index contributed by atoms with van der Waals surface area (Å²) >= 11 is 6.06. The third-order valence-electron chi connectivity index (χ3n) is 5.33. The fraction of sp³-hybridized carbons (Fsp3) is 0.174. The fourth-order valence-electron chi connectivity index (χ4n) is 3.61. The van der Waals surface area contributed by atoms with Gasteiger partial charge in [0.05, 0.1) is 22.3 Å². The lowest BCUT2D eigenvalue weighted by Gasteiger charge is -2.15. The van der Waals surface area contributed by atoms with Gasteiger partial charge in [0.15, 0.2) is 17.5 Å². The number of anilines is 1. The molecule has 0 aliphatic rings.